The first kappa shape index (κ1) is 21.1. The fourth-order valence-electron chi connectivity index (χ4n) is 2.36. The van der Waals surface area contributed by atoms with Crippen molar-refractivity contribution in [3.8, 4) is 0 Å². The van der Waals surface area contributed by atoms with Gasteiger partial charge in [-0.2, -0.15) is 0 Å². The lowest BCUT2D eigenvalue weighted by molar-refractivity contribution is -0.124. The quantitative estimate of drug-likeness (QED) is 0.724. The van der Waals surface area contributed by atoms with Crippen LogP contribution in [0.25, 0.3) is 0 Å². The molecule has 0 fully saturated rings. The van der Waals surface area contributed by atoms with Crippen LogP contribution in [0.1, 0.15) is 39.7 Å². The molecule has 140 valence electrons. The Hall–Kier alpha value is -1.92. The number of amides is 2. The van der Waals surface area contributed by atoms with Crippen molar-refractivity contribution in [1.29, 1.82) is 0 Å². The van der Waals surface area contributed by atoms with Crippen LogP contribution in [-0.4, -0.2) is 37.1 Å². The Morgan fingerprint density at radius 1 is 1.16 bits per heavy atom. The molecule has 2 bridgehead atoms. The number of ether oxygens (including phenoxy) is 1. The lowest BCUT2D eigenvalue weighted by Crippen LogP contribution is -2.49. The molecule has 1 aromatic carbocycles. The van der Waals surface area contributed by atoms with Crippen molar-refractivity contribution in [3.63, 3.8) is 0 Å². The average molecular weight is 349 g/mol. The molecule has 0 radical (unpaired) electrons. The molecular weight excluding hydrogens is 318 g/mol. The van der Waals surface area contributed by atoms with E-state index in [1.54, 1.807) is 0 Å². The second-order valence-electron chi connectivity index (χ2n) is 6.24. The van der Waals surface area contributed by atoms with Crippen molar-refractivity contribution in [3.05, 3.63) is 29.8 Å². The third-order valence-corrected chi connectivity index (χ3v) is 3.93. The number of carbonyl (C=O) groups is 2. The van der Waals surface area contributed by atoms with Crippen molar-refractivity contribution in [1.82, 2.24) is 5.32 Å². The summed E-state index contributed by atoms with van der Waals surface area (Å²) in [6.07, 6.45) is 0.728. The van der Waals surface area contributed by atoms with Crippen molar-refractivity contribution in [2.24, 2.45) is 11.7 Å². The predicted octanol–water partition coefficient (Wildman–Crippen LogP) is 2.08. The molecule has 0 saturated carbocycles. The first-order chi connectivity index (χ1) is 12.0. The van der Waals surface area contributed by atoms with Crippen molar-refractivity contribution in [2.75, 3.05) is 18.5 Å². The van der Waals surface area contributed by atoms with E-state index in [9.17, 15) is 9.59 Å². The normalized spacial score (nSPS) is 22.2. The zero-order valence-electron chi connectivity index (χ0n) is 15.7. The Morgan fingerprint density at radius 3 is 2.40 bits per heavy atom. The summed E-state index contributed by atoms with van der Waals surface area (Å²) in [6.45, 7) is 8.71. The summed E-state index contributed by atoms with van der Waals surface area (Å²) in [4.78, 5) is 24.1. The van der Waals surface area contributed by atoms with Gasteiger partial charge in [0.2, 0.25) is 11.8 Å². The summed E-state index contributed by atoms with van der Waals surface area (Å²) < 4.78 is 5.55. The first-order valence-corrected chi connectivity index (χ1v) is 8.98. The van der Waals surface area contributed by atoms with Gasteiger partial charge in [-0.3, -0.25) is 9.59 Å². The Labute approximate surface area is 150 Å². The molecule has 1 aromatic rings. The van der Waals surface area contributed by atoms with Gasteiger partial charge in [0.05, 0.1) is 31.7 Å². The second-order valence-corrected chi connectivity index (χ2v) is 6.24. The Morgan fingerprint density at radius 2 is 1.80 bits per heavy atom. The van der Waals surface area contributed by atoms with Crippen LogP contribution in [0.15, 0.2) is 24.3 Å². The molecule has 6 nitrogen and oxygen atoms in total. The number of rotatable bonds is 1. The highest BCUT2D eigenvalue weighted by molar-refractivity contribution is 5.90. The number of carbonyl (C=O) groups excluding carboxylic acids is 2. The van der Waals surface area contributed by atoms with E-state index in [1.165, 1.54) is 0 Å². The minimum absolute atomic E-state index is 0.0885. The van der Waals surface area contributed by atoms with E-state index in [2.05, 4.69) is 10.6 Å². The van der Waals surface area contributed by atoms with Crippen LogP contribution in [0.4, 0.5) is 5.69 Å². The minimum Gasteiger partial charge on any atom is -0.379 e. The van der Waals surface area contributed by atoms with Gasteiger partial charge in [0.25, 0.3) is 0 Å². The highest BCUT2D eigenvalue weighted by Gasteiger charge is 2.21. The van der Waals surface area contributed by atoms with Crippen molar-refractivity contribution >= 4 is 17.5 Å². The second kappa shape index (κ2) is 10.8. The maximum atomic E-state index is 12.3. The van der Waals surface area contributed by atoms with E-state index in [0.717, 1.165) is 11.3 Å². The molecule has 0 aliphatic carbocycles. The lowest BCUT2D eigenvalue weighted by atomic mass is 10.0. The van der Waals surface area contributed by atoms with Crippen molar-refractivity contribution in [2.45, 2.75) is 52.6 Å². The maximum Gasteiger partial charge on any atom is 0.237 e. The Kier molecular flexibility index (Phi) is 9.16. The van der Waals surface area contributed by atoms with Gasteiger partial charge in [0.1, 0.15) is 0 Å². The number of hydrogen-bond donors (Lipinski definition) is 3. The van der Waals surface area contributed by atoms with Crippen LogP contribution in [-0.2, 0) is 20.7 Å². The van der Waals surface area contributed by atoms with Gasteiger partial charge in [-0.1, -0.05) is 39.8 Å². The molecule has 4 N–H and O–H groups in total. The fourth-order valence-corrected chi connectivity index (χ4v) is 2.36. The number of nitrogens with two attached hydrogens (primary N) is 1. The number of benzene rings is 1. The molecule has 6 heteroatoms. The first-order valence-electron chi connectivity index (χ1n) is 8.98. The van der Waals surface area contributed by atoms with Gasteiger partial charge in [0.15, 0.2) is 0 Å². The molecule has 2 atom stereocenters. The average Bonchev–Trinajstić information content (AvgIpc) is 2.60. The van der Waals surface area contributed by atoms with E-state index in [0.29, 0.717) is 19.6 Å². The zero-order chi connectivity index (χ0) is 18.8. The van der Waals surface area contributed by atoms with Gasteiger partial charge >= 0.3 is 0 Å². The summed E-state index contributed by atoms with van der Waals surface area (Å²) >= 11 is 0. The van der Waals surface area contributed by atoms with Crippen LogP contribution in [0.5, 0.6) is 0 Å². The molecule has 2 aliphatic rings. The number of anilines is 1. The van der Waals surface area contributed by atoms with Crippen LogP contribution in [0.2, 0.25) is 0 Å². The van der Waals surface area contributed by atoms with Gasteiger partial charge in [-0.25, -0.2) is 0 Å². The summed E-state index contributed by atoms with van der Waals surface area (Å²) in [5.74, 6) is -0.0515. The van der Waals surface area contributed by atoms with E-state index < -0.39 is 6.04 Å². The SMILES string of the molecule is CC.CC(C)C1COCCC(=O)Nc2ccc(cc2)C[C@@H](N)C(=O)N1. The van der Waals surface area contributed by atoms with Crippen LogP contribution < -0.4 is 16.4 Å². The minimum atomic E-state index is -0.609. The topological polar surface area (TPSA) is 93.4 Å². The van der Waals surface area contributed by atoms with Crippen LogP contribution >= 0.6 is 0 Å². The largest absolute Gasteiger partial charge is 0.379 e. The molecule has 3 rings (SSSR count). The molecule has 0 aromatic heterocycles. The third kappa shape index (κ3) is 7.23. The molecular formula is C19H31N3O3. The number of hydrogen-bond acceptors (Lipinski definition) is 4. The molecule has 25 heavy (non-hydrogen) atoms. The Balaban J connectivity index is 0.00000151. The van der Waals surface area contributed by atoms with E-state index in [4.69, 9.17) is 10.5 Å². The van der Waals surface area contributed by atoms with Gasteiger partial charge in [-0.05, 0) is 30.0 Å². The molecule has 2 aliphatic heterocycles. The summed E-state index contributed by atoms with van der Waals surface area (Å²) in [6, 6.07) is 6.65. The van der Waals surface area contributed by atoms with Crippen LogP contribution in [0, 0.1) is 5.92 Å². The van der Waals surface area contributed by atoms with Gasteiger partial charge in [-0.15, -0.1) is 0 Å². The van der Waals surface area contributed by atoms with Crippen molar-refractivity contribution < 1.29 is 14.3 Å². The third-order valence-electron chi connectivity index (χ3n) is 3.93. The number of nitrogens with one attached hydrogen (secondary N) is 2. The smallest absolute Gasteiger partial charge is 0.237 e. The predicted molar refractivity (Wildman–Crippen MR) is 100 cm³/mol. The lowest BCUT2D eigenvalue weighted by Gasteiger charge is -2.24. The summed E-state index contributed by atoms with van der Waals surface area (Å²) in [5, 5.41) is 5.77. The number of fused-ring (bicyclic) bond motifs is 12. The van der Waals surface area contributed by atoms with E-state index in [-0.39, 0.29) is 30.2 Å². The van der Waals surface area contributed by atoms with Gasteiger partial charge < -0.3 is 21.1 Å². The summed E-state index contributed by atoms with van der Waals surface area (Å²) in [7, 11) is 0. The Bertz CT molecular complexity index is 543. The highest BCUT2D eigenvalue weighted by atomic mass is 16.5. The van der Waals surface area contributed by atoms with E-state index >= 15 is 0 Å². The standard InChI is InChI=1S/C17H25N3O3.C2H6/c1-11(2)15-10-23-8-7-16(21)19-13-5-3-12(4-6-13)9-14(18)17(22)20-15;1-2/h3-6,11,14-15H,7-10,18H2,1-2H3,(H,19,21)(H,20,22);1-2H3/t14-,15?;/m1./s1. The fraction of sp³-hybridized carbons (Fsp3) is 0.579. The maximum absolute atomic E-state index is 12.3. The highest BCUT2D eigenvalue weighted by Crippen LogP contribution is 2.12. The van der Waals surface area contributed by atoms with Crippen LogP contribution in [0.3, 0.4) is 0 Å². The molecule has 0 spiro atoms. The monoisotopic (exact) mass is 349 g/mol. The summed E-state index contributed by atoms with van der Waals surface area (Å²) in [5.41, 5.74) is 7.69. The van der Waals surface area contributed by atoms with Gasteiger partial charge in [0, 0.05) is 5.69 Å². The molecule has 1 unspecified atom stereocenters. The molecule has 2 heterocycles. The van der Waals surface area contributed by atoms with E-state index in [1.807, 2.05) is 52.0 Å². The molecule has 0 saturated heterocycles. The zero-order valence-corrected chi connectivity index (χ0v) is 15.7. The molecule has 2 amide bonds.